The number of aldehydes is 1. The molecule has 0 aliphatic carbocycles. The highest BCUT2D eigenvalue weighted by Gasteiger charge is 2.17. The summed E-state index contributed by atoms with van der Waals surface area (Å²) in [6.45, 7) is 0.277. The number of carbonyl (C=O) groups is 1. The molecule has 1 heterocycles. The Kier molecular flexibility index (Phi) is 3.34. The van der Waals surface area contributed by atoms with Crippen LogP contribution in [0.5, 0.6) is 5.75 Å². The lowest BCUT2D eigenvalue weighted by atomic mass is 9.98. The fourth-order valence-electron chi connectivity index (χ4n) is 2.10. The molecule has 1 aliphatic rings. The van der Waals surface area contributed by atoms with Crippen molar-refractivity contribution in [1.29, 1.82) is 0 Å². The number of hydrogen-bond acceptors (Lipinski definition) is 2. The third-order valence-electron chi connectivity index (χ3n) is 3.11. The Bertz CT molecular complexity index is 731. The van der Waals surface area contributed by atoms with Crippen molar-refractivity contribution in [2.24, 2.45) is 0 Å². The van der Waals surface area contributed by atoms with Crippen molar-refractivity contribution in [2.45, 2.75) is 0 Å². The number of benzene rings is 2. The van der Waals surface area contributed by atoms with Crippen LogP contribution in [0.25, 0.3) is 5.57 Å². The monoisotopic (exact) mass is 260 g/mol. The summed E-state index contributed by atoms with van der Waals surface area (Å²) in [4.78, 5) is 11.2. The van der Waals surface area contributed by atoms with Crippen LogP contribution in [-0.2, 0) is 4.79 Å². The molecule has 2 aromatic carbocycles. The average Bonchev–Trinajstić information content (AvgIpc) is 2.53. The summed E-state index contributed by atoms with van der Waals surface area (Å²) in [5.41, 5.74) is 3.15. The fourth-order valence-corrected chi connectivity index (χ4v) is 2.10. The molecule has 0 aromatic heterocycles. The topological polar surface area (TPSA) is 26.3 Å². The first-order chi connectivity index (χ1) is 9.88. The highest BCUT2D eigenvalue weighted by Crippen LogP contribution is 2.31. The summed E-state index contributed by atoms with van der Waals surface area (Å²) in [5.74, 6) is 6.98. The molecular formula is C18H12O2. The third-order valence-corrected chi connectivity index (χ3v) is 3.11. The van der Waals surface area contributed by atoms with E-state index in [1.807, 2.05) is 54.6 Å². The van der Waals surface area contributed by atoms with Crippen molar-refractivity contribution in [3.63, 3.8) is 0 Å². The van der Waals surface area contributed by atoms with Gasteiger partial charge < -0.3 is 4.74 Å². The molecule has 96 valence electrons. The van der Waals surface area contributed by atoms with Crippen LogP contribution < -0.4 is 4.74 Å². The number of rotatable bonds is 1. The van der Waals surface area contributed by atoms with E-state index in [-0.39, 0.29) is 6.61 Å². The van der Waals surface area contributed by atoms with Crippen LogP contribution in [0.4, 0.5) is 0 Å². The summed E-state index contributed by atoms with van der Waals surface area (Å²) in [6, 6.07) is 17.4. The first-order valence-electron chi connectivity index (χ1n) is 6.36. The molecule has 0 amide bonds. The van der Waals surface area contributed by atoms with Gasteiger partial charge >= 0.3 is 0 Å². The largest absolute Gasteiger partial charge is 0.488 e. The molecule has 0 bridgehead atoms. The zero-order valence-electron chi connectivity index (χ0n) is 10.8. The predicted molar refractivity (Wildman–Crippen MR) is 78.2 cm³/mol. The van der Waals surface area contributed by atoms with E-state index >= 15 is 0 Å². The van der Waals surface area contributed by atoms with E-state index in [9.17, 15) is 4.79 Å². The highest BCUT2D eigenvalue weighted by atomic mass is 16.5. The number of para-hydroxylation sites is 1. The minimum atomic E-state index is 0.277. The van der Waals surface area contributed by atoms with Gasteiger partial charge in [0.05, 0.1) is 0 Å². The number of carbonyl (C=O) groups excluding carboxylic acids is 1. The molecule has 0 saturated carbocycles. The number of fused-ring (bicyclic) bond motifs is 1. The van der Waals surface area contributed by atoms with Crippen LogP contribution >= 0.6 is 0 Å². The van der Waals surface area contributed by atoms with Crippen LogP contribution in [0.3, 0.4) is 0 Å². The van der Waals surface area contributed by atoms with Gasteiger partial charge in [-0.15, -0.1) is 0 Å². The zero-order chi connectivity index (χ0) is 13.8. The Labute approximate surface area is 117 Å². The molecular weight excluding hydrogens is 248 g/mol. The Morgan fingerprint density at radius 2 is 1.70 bits per heavy atom. The molecule has 3 rings (SSSR count). The van der Waals surface area contributed by atoms with Gasteiger partial charge in [0.1, 0.15) is 12.4 Å². The van der Waals surface area contributed by atoms with Crippen LogP contribution in [0.15, 0.2) is 60.2 Å². The van der Waals surface area contributed by atoms with Crippen molar-refractivity contribution in [1.82, 2.24) is 0 Å². The molecule has 0 atom stereocenters. The standard InChI is InChI=1S/C18H12O2/c19-12-15-13-20-18-9-5-4-8-17(18)16(15)11-10-14-6-2-1-3-7-14/h1-9,12H,13H2. The molecule has 0 fully saturated rings. The van der Waals surface area contributed by atoms with Crippen LogP contribution in [0.2, 0.25) is 0 Å². The Hall–Kier alpha value is -2.79. The van der Waals surface area contributed by atoms with Crippen molar-refractivity contribution >= 4 is 11.9 Å². The van der Waals surface area contributed by atoms with Crippen molar-refractivity contribution in [3.05, 3.63) is 71.3 Å². The van der Waals surface area contributed by atoms with Crippen molar-refractivity contribution in [2.75, 3.05) is 6.61 Å². The van der Waals surface area contributed by atoms with Gasteiger partial charge in [-0.1, -0.05) is 42.2 Å². The van der Waals surface area contributed by atoms with Gasteiger partial charge in [-0.3, -0.25) is 4.79 Å². The van der Waals surface area contributed by atoms with Gasteiger partial charge in [0.2, 0.25) is 0 Å². The molecule has 20 heavy (non-hydrogen) atoms. The maximum Gasteiger partial charge on any atom is 0.150 e. The van der Waals surface area contributed by atoms with E-state index in [0.29, 0.717) is 5.57 Å². The molecule has 0 N–H and O–H groups in total. The molecule has 0 unspecified atom stereocenters. The number of allylic oxidation sites excluding steroid dienone is 1. The smallest absolute Gasteiger partial charge is 0.150 e. The number of ether oxygens (including phenoxy) is 1. The number of hydrogen-bond donors (Lipinski definition) is 0. The minimum Gasteiger partial charge on any atom is -0.488 e. The van der Waals surface area contributed by atoms with E-state index in [0.717, 1.165) is 28.7 Å². The summed E-state index contributed by atoms with van der Waals surface area (Å²) >= 11 is 0. The van der Waals surface area contributed by atoms with E-state index in [1.54, 1.807) is 0 Å². The SMILES string of the molecule is O=CC1=C(C#Cc2ccccc2)c2ccccc2OC1. The highest BCUT2D eigenvalue weighted by molar-refractivity contribution is 5.97. The quantitative estimate of drug-likeness (QED) is 0.582. The molecule has 2 nitrogen and oxygen atoms in total. The molecule has 0 saturated heterocycles. The molecule has 0 spiro atoms. The predicted octanol–water partition coefficient (Wildman–Crippen LogP) is 3.08. The molecule has 2 heteroatoms. The maximum atomic E-state index is 11.2. The first kappa shape index (κ1) is 12.3. The second-order valence-electron chi connectivity index (χ2n) is 4.42. The Morgan fingerprint density at radius 1 is 0.950 bits per heavy atom. The Balaban J connectivity index is 2.08. The summed E-state index contributed by atoms with van der Waals surface area (Å²) in [5, 5.41) is 0. The normalized spacial score (nSPS) is 12.8. The van der Waals surface area contributed by atoms with E-state index < -0.39 is 0 Å². The lowest BCUT2D eigenvalue weighted by molar-refractivity contribution is -0.105. The van der Waals surface area contributed by atoms with Gasteiger partial charge in [0, 0.05) is 22.3 Å². The Morgan fingerprint density at radius 3 is 2.50 bits per heavy atom. The fraction of sp³-hybridized carbons (Fsp3) is 0.0556. The van der Waals surface area contributed by atoms with Gasteiger partial charge in [-0.05, 0) is 24.3 Å². The minimum absolute atomic E-state index is 0.277. The maximum absolute atomic E-state index is 11.2. The van der Waals surface area contributed by atoms with Gasteiger partial charge in [-0.25, -0.2) is 0 Å². The second kappa shape index (κ2) is 5.46. The summed E-state index contributed by atoms with van der Waals surface area (Å²) < 4.78 is 5.55. The van der Waals surface area contributed by atoms with Crippen LogP contribution in [-0.4, -0.2) is 12.9 Å². The van der Waals surface area contributed by atoms with Gasteiger partial charge in [-0.2, -0.15) is 0 Å². The average molecular weight is 260 g/mol. The van der Waals surface area contributed by atoms with E-state index in [2.05, 4.69) is 11.8 Å². The van der Waals surface area contributed by atoms with Crippen LogP contribution in [0.1, 0.15) is 11.1 Å². The van der Waals surface area contributed by atoms with Crippen molar-refractivity contribution in [3.8, 4) is 17.6 Å². The zero-order valence-corrected chi connectivity index (χ0v) is 10.8. The van der Waals surface area contributed by atoms with Gasteiger partial charge in [0.25, 0.3) is 0 Å². The van der Waals surface area contributed by atoms with Gasteiger partial charge in [0.15, 0.2) is 6.29 Å². The molecule has 1 aliphatic heterocycles. The van der Waals surface area contributed by atoms with Crippen LogP contribution in [0, 0.1) is 11.8 Å². The lowest BCUT2D eigenvalue weighted by Gasteiger charge is -2.18. The molecule has 2 aromatic rings. The van der Waals surface area contributed by atoms with E-state index in [1.165, 1.54) is 0 Å². The summed E-state index contributed by atoms with van der Waals surface area (Å²) in [7, 11) is 0. The third kappa shape index (κ3) is 2.34. The van der Waals surface area contributed by atoms with Crippen molar-refractivity contribution < 1.29 is 9.53 Å². The summed E-state index contributed by atoms with van der Waals surface area (Å²) in [6.07, 6.45) is 0.824. The molecule has 0 radical (unpaired) electrons. The lowest BCUT2D eigenvalue weighted by Crippen LogP contribution is -2.11. The first-order valence-corrected chi connectivity index (χ1v) is 6.36. The van der Waals surface area contributed by atoms with E-state index in [4.69, 9.17) is 4.74 Å². The second-order valence-corrected chi connectivity index (χ2v) is 4.42.